The van der Waals surface area contributed by atoms with Crippen LogP contribution >= 0.6 is 0 Å². The monoisotopic (exact) mass is 120 g/mol. The van der Waals surface area contributed by atoms with Crippen LogP contribution in [0.2, 0.25) is 0 Å². The van der Waals surface area contributed by atoms with Gasteiger partial charge in [0.05, 0.1) is 0 Å². The molecule has 0 rings (SSSR count). The van der Waals surface area contributed by atoms with Crippen molar-refractivity contribution in [3.05, 3.63) is 0 Å². The lowest BCUT2D eigenvalue weighted by Gasteiger charge is -2.03. The molecule has 0 aliphatic rings. The number of nitrogens with one attached hydrogen (secondary N) is 1. The van der Waals surface area contributed by atoms with Crippen LogP contribution in [0.4, 0.5) is 9.18 Å². The molecule has 8 heavy (non-hydrogen) atoms. The fourth-order valence-corrected chi connectivity index (χ4v) is 0.214. The van der Waals surface area contributed by atoms with Crippen LogP contribution in [-0.2, 0) is 4.74 Å². The normalized spacial score (nSPS) is 12.8. The minimum atomic E-state index is -1.19. The third kappa shape index (κ3) is 3.39. The Morgan fingerprint density at radius 2 is 2.50 bits per heavy atom. The summed E-state index contributed by atoms with van der Waals surface area (Å²) in [5.74, 6) is 0. The molecule has 47 valence electrons. The summed E-state index contributed by atoms with van der Waals surface area (Å²) in [4.78, 5) is 9.69. The summed E-state index contributed by atoms with van der Waals surface area (Å²) >= 11 is 0. The molecular weight excluding hydrogens is 113 g/mol. The highest BCUT2D eigenvalue weighted by atomic mass is 19.1. The first-order valence-electron chi connectivity index (χ1n) is 2.15. The van der Waals surface area contributed by atoms with Crippen LogP contribution in [-0.4, -0.2) is 18.9 Å². The number of halogens is 1. The highest BCUT2D eigenvalue weighted by molar-refractivity contribution is 5.63. The van der Waals surface area contributed by atoms with Gasteiger partial charge in [-0.3, -0.25) is 0 Å². The molecule has 0 bridgehead atoms. The topological polar surface area (TPSA) is 50.1 Å². The Hall–Kier alpha value is -0.800. The molecular formula is C4H7FNO2. The first-order chi connectivity index (χ1) is 3.66. The Kier molecular flexibility index (Phi) is 2.91. The summed E-state index contributed by atoms with van der Waals surface area (Å²) in [6.07, 6.45) is -1.96. The molecule has 0 saturated carbocycles. The minimum absolute atomic E-state index is 0.732. The Morgan fingerprint density at radius 3 is 2.62 bits per heavy atom. The van der Waals surface area contributed by atoms with Crippen LogP contribution in [0.15, 0.2) is 0 Å². The molecule has 0 aromatic heterocycles. The third-order valence-corrected chi connectivity index (χ3v) is 0.526. The van der Waals surface area contributed by atoms with Crippen LogP contribution < -0.4 is 5.73 Å². The van der Waals surface area contributed by atoms with Crippen molar-refractivity contribution < 1.29 is 13.9 Å². The molecule has 1 atom stereocenters. The molecule has 3 nitrogen and oxygen atoms in total. The summed E-state index contributed by atoms with van der Waals surface area (Å²) in [6, 6.07) is 0. The van der Waals surface area contributed by atoms with Crippen LogP contribution in [0.3, 0.4) is 0 Å². The van der Waals surface area contributed by atoms with Gasteiger partial charge in [0.2, 0.25) is 0 Å². The van der Waals surface area contributed by atoms with Crippen LogP contribution in [0.5, 0.6) is 0 Å². The van der Waals surface area contributed by atoms with Crippen molar-refractivity contribution >= 4 is 6.09 Å². The van der Waals surface area contributed by atoms with Gasteiger partial charge in [-0.2, -0.15) is 0 Å². The standard InChI is InChI=1S/C4H7FNO2/c1-3(2-5)8-4(6)7/h3,6H,2H2,1H3. The van der Waals surface area contributed by atoms with E-state index in [9.17, 15) is 9.18 Å². The number of carbonyl (C=O) groups excluding carboxylic acids is 1. The maximum atomic E-state index is 11.4. The van der Waals surface area contributed by atoms with E-state index in [2.05, 4.69) is 4.74 Å². The summed E-state index contributed by atoms with van der Waals surface area (Å²) in [7, 11) is 0. The van der Waals surface area contributed by atoms with E-state index in [0.717, 1.165) is 0 Å². The second kappa shape index (κ2) is 3.23. The first kappa shape index (κ1) is 7.20. The number of alkyl halides is 1. The zero-order valence-corrected chi connectivity index (χ0v) is 4.48. The average Bonchev–Trinajstić information content (AvgIpc) is 1.65. The molecule has 4 heteroatoms. The van der Waals surface area contributed by atoms with Crippen molar-refractivity contribution in [1.82, 2.24) is 5.73 Å². The fraction of sp³-hybridized carbons (Fsp3) is 0.750. The molecule has 0 aliphatic carbocycles. The third-order valence-electron chi connectivity index (χ3n) is 0.526. The van der Waals surface area contributed by atoms with Gasteiger partial charge in [0.1, 0.15) is 12.8 Å². The lowest BCUT2D eigenvalue weighted by molar-refractivity contribution is 0.0983. The number of hydrogen-bond acceptors (Lipinski definition) is 2. The molecule has 0 aromatic carbocycles. The van der Waals surface area contributed by atoms with E-state index >= 15 is 0 Å². The Morgan fingerprint density at radius 1 is 2.00 bits per heavy atom. The van der Waals surface area contributed by atoms with Gasteiger partial charge in [0.15, 0.2) is 0 Å². The Balaban J connectivity index is 3.24. The van der Waals surface area contributed by atoms with E-state index in [4.69, 9.17) is 5.73 Å². The summed E-state index contributed by atoms with van der Waals surface area (Å²) in [5, 5.41) is 0. The van der Waals surface area contributed by atoms with Gasteiger partial charge in [-0.05, 0) is 6.92 Å². The maximum absolute atomic E-state index is 11.4. The largest absolute Gasteiger partial charge is 0.443 e. The van der Waals surface area contributed by atoms with Crippen LogP contribution in [0.1, 0.15) is 6.92 Å². The zero-order chi connectivity index (χ0) is 6.57. The van der Waals surface area contributed by atoms with Crippen molar-refractivity contribution in [1.29, 1.82) is 0 Å². The molecule has 1 amide bonds. The molecule has 0 saturated heterocycles. The molecule has 0 spiro atoms. The van der Waals surface area contributed by atoms with E-state index in [-0.39, 0.29) is 0 Å². The summed E-state index contributed by atoms with van der Waals surface area (Å²) in [5.41, 5.74) is 6.18. The van der Waals surface area contributed by atoms with Crippen molar-refractivity contribution in [2.75, 3.05) is 6.67 Å². The second-order valence-corrected chi connectivity index (χ2v) is 1.37. The predicted octanol–water partition coefficient (Wildman–Crippen LogP) is 0.764. The van der Waals surface area contributed by atoms with Crippen molar-refractivity contribution in [3.63, 3.8) is 0 Å². The number of amides is 1. The highest BCUT2D eigenvalue weighted by Crippen LogP contribution is 1.89. The summed E-state index contributed by atoms with van der Waals surface area (Å²) in [6.45, 7) is 0.650. The Labute approximate surface area is 46.6 Å². The summed E-state index contributed by atoms with van der Waals surface area (Å²) < 4.78 is 15.4. The van der Waals surface area contributed by atoms with Crippen molar-refractivity contribution in [2.24, 2.45) is 0 Å². The van der Waals surface area contributed by atoms with Gasteiger partial charge in [-0.1, -0.05) is 0 Å². The van der Waals surface area contributed by atoms with E-state index in [1.54, 1.807) is 0 Å². The van der Waals surface area contributed by atoms with Gasteiger partial charge in [-0.15, -0.1) is 0 Å². The van der Waals surface area contributed by atoms with Gasteiger partial charge in [0.25, 0.3) is 0 Å². The number of hydrogen-bond donors (Lipinski definition) is 0. The van der Waals surface area contributed by atoms with Crippen molar-refractivity contribution in [2.45, 2.75) is 13.0 Å². The lowest BCUT2D eigenvalue weighted by Crippen LogP contribution is -2.15. The molecule has 0 aromatic rings. The van der Waals surface area contributed by atoms with E-state index < -0.39 is 18.9 Å². The fourth-order valence-electron chi connectivity index (χ4n) is 0.214. The first-order valence-corrected chi connectivity index (χ1v) is 2.15. The molecule has 0 aliphatic heterocycles. The molecule has 1 unspecified atom stereocenters. The number of rotatable bonds is 2. The van der Waals surface area contributed by atoms with Crippen LogP contribution in [0.25, 0.3) is 0 Å². The maximum Gasteiger partial charge on any atom is 0.426 e. The molecule has 1 N–H and O–H groups in total. The minimum Gasteiger partial charge on any atom is -0.443 e. The number of ether oxygens (including phenoxy) is 1. The van der Waals surface area contributed by atoms with Gasteiger partial charge < -0.3 is 4.74 Å². The SMILES string of the molecule is CC(CF)OC([NH])=O. The van der Waals surface area contributed by atoms with E-state index in [1.807, 2.05) is 0 Å². The number of carbonyl (C=O) groups is 1. The quantitative estimate of drug-likeness (QED) is 0.540. The Bertz CT molecular complexity index is 86.1. The van der Waals surface area contributed by atoms with E-state index in [0.29, 0.717) is 0 Å². The zero-order valence-electron chi connectivity index (χ0n) is 4.48. The molecule has 0 fully saturated rings. The lowest BCUT2D eigenvalue weighted by atomic mass is 10.5. The van der Waals surface area contributed by atoms with Crippen molar-refractivity contribution in [3.8, 4) is 0 Å². The predicted molar refractivity (Wildman–Crippen MR) is 25.0 cm³/mol. The van der Waals surface area contributed by atoms with Gasteiger partial charge in [0, 0.05) is 0 Å². The molecule has 1 radical (unpaired) electrons. The van der Waals surface area contributed by atoms with E-state index in [1.165, 1.54) is 6.92 Å². The average molecular weight is 120 g/mol. The van der Waals surface area contributed by atoms with Gasteiger partial charge in [-0.25, -0.2) is 14.9 Å². The second-order valence-electron chi connectivity index (χ2n) is 1.37. The van der Waals surface area contributed by atoms with Crippen LogP contribution in [0, 0.1) is 0 Å². The highest BCUT2D eigenvalue weighted by Gasteiger charge is 2.03. The smallest absolute Gasteiger partial charge is 0.426 e. The molecule has 0 heterocycles. The van der Waals surface area contributed by atoms with Gasteiger partial charge >= 0.3 is 6.09 Å².